The summed E-state index contributed by atoms with van der Waals surface area (Å²) >= 11 is 5.97. The van der Waals surface area contributed by atoms with E-state index in [1.165, 1.54) is 6.07 Å². The molecule has 0 aliphatic heterocycles. The zero-order valence-electron chi connectivity index (χ0n) is 14.9. The van der Waals surface area contributed by atoms with Crippen molar-refractivity contribution in [3.8, 4) is 5.75 Å². The van der Waals surface area contributed by atoms with E-state index in [-0.39, 0.29) is 4.90 Å². The third-order valence-electron chi connectivity index (χ3n) is 4.43. The lowest BCUT2D eigenvalue weighted by Crippen LogP contribution is -2.26. The molecule has 1 heterocycles. The molecule has 0 aliphatic carbocycles. The Morgan fingerprint density at radius 3 is 2.62 bits per heavy atom. The summed E-state index contributed by atoms with van der Waals surface area (Å²) in [5, 5.41) is 1.59. The lowest BCUT2D eigenvalue weighted by atomic mass is 10.1. The number of sulfonamides is 1. The minimum absolute atomic E-state index is 0.219. The molecule has 0 saturated heterocycles. The summed E-state index contributed by atoms with van der Waals surface area (Å²) in [7, 11) is -1.95. The molecule has 2 N–H and O–H groups in total. The topological polar surface area (TPSA) is 71.2 Å². The van der Waals surface area contributed by atoms with E-state index in [0.29, 0.717) is 18.0 Å². The number of aryl methyl sites for hydroxylation is 2. The van der Waals surface area contributed by atoms with Crippen molar-refractivity contribution >= 4 is 32.5 Å². The van der Waals surface area contributed by atoms with Gasteiger partial charge in [-0.25, -0.2) is 13.1 Å². The fourth-order valence-corrected chi connectivity index (χ4v) is 4.22. The summed E-state index contributed by atoms with van der Waals surface area (Å²) in [6.07, 6.45) is 0.574. The number of nitrogens with one attached hydrogen (secondary N) is 2. The molecular weight excluding hydrogens is 372 g/mol. The van der Waals surface area contributed by atoms with Crippen LogP contribution in [0.25, 0.3) is 10.9 Å². The van der Waals surface area contributed by atoms with Crippen LogP contribution in [0.4, 0.5) is 0 Å². The van der Waals surface area contributed by atoms with Gasteiger partial charge in [0.15, 0.2) is 0 Å². The Balaban J connectivity index is 1.78. The molecule has 26 heavy (non-hydrogen) atoms. The first-order valence-corrected chi connectivity index (χ1v) is 10.1. The van der Waals surface area contributed by atoms with Crippen molar-refractivity contribution in [2.24, 2.45) is 0 Å². The fraction of sp³-hybridized carbons (Fsp3) is 0.263. The zero-order valence-corrected chi connectivity index (χ0v) is 16.5. The maximum absolute atomic E-state index is 12.5. The number of ether oxygens (including phenoxy) is 1. The summed E-state index contributed by atoms with van der Waals surface area (Å²) in [6.45, 7) is 4.07. The molecule has 0 radical (unpaired) electrons. The Hall–Kier alpha value is -2.02. The highest BCUT2D eigenvalue weighted by atomic mass is 35.5. The Labute approximate surface area is 158 Å². The average Bonchev–Trinajstić information content (AvgIpc) is 2.92. The second kappa shape index (κ2) is 7.31. The van der Waals surface area contributed by atoms with Gasteiger partial charge in [0.05, 0.1) is 12.0 Å². The number of fused-ring (bicyclic) bond motifs is 1. The van der Waals surface area contributed by atoms with Gasteiger partial charge in [-0.05, 0) is 67.8 Å². The molecule has 0 atom stereocenters. The number of rotatable bonds is 6. The van der Waals surface area contributed by atoms with Gasteiger partial charge in [-0.3, -0.25) is 0 Å². The van der Waals surface area contributed by atoms with Crippen LogP contribution in [0.3, 0.4) is 0 Å². The summed E-state index contributed by atoms with van der Waals surface area (Å²) in [6, 6.07) is 10.5. The monoisotopic (exact) mass is 392 g/mol. The van der Waals surface area contributed by atoms with Crippen LogP contribution in [0.15, 0.2) is 41.3 Å². The summed E-state index contributed by atoms with van der Waals surface area (Å²) in [5.41, 5.74) is 3.84. The van der Waals surface area contributed by atoms with Crippen LogP contribution in [0.5, 0.6) is 5.75 Å². The molecule has 0 fully saturated rings. The van der Waals surface area contributed by atoms with Crippen LogP contribution in [-0.4, -0.2) is 27.1 Å². The number of benzene rings is 2. The van der Waals surface area contributed by atoms with Gasteiger partial charge in [0.25, 0.3) is 0 Å². The van der Waals surface area contributed by atoms with Crippen molar-refractivity contribution in [2.45, 2.75) is 25.2 Å². The van der Waals surface area contributed by atoms with Gasteiger partial charge in [-0.15, -0.1) is 0 Å². The second-order valence-electron chi connectivity index (χ2n) is 6.20. The van der Waals surface area contributed by atoms with E-state index in [9.17, 15) is 8.42 Å². The third kappa shape index (κ3) is 3.72. The number of aromatic amines is 1. The molecule has 0 aliphatic rings. The van der Waals surface area contributed by atoms with E-state index in [1.54, 1.807) is 26.2 Å². The quantitative estimate of drug-likeness (QED) is 0.666. The van der Waals surface area contributed by atoms with Crippen molar-refractivity contribution in [1.82, 2.24) is 9.71 Å². The van der Waals surface area contributed by atoms with E-state index < -0.39 is 10.0 Å². The maximum Gasteiger partial charge on any atom is 0.240 e. The van der Waals surface area contributed by atoms with E-state index in [4.69, 9.17) is 16.3 Å². The molecule has 0 amide bonds. The molecule has 1 aromatic heterocycles. The minimum atomic E-state index is -3.58. The van der Waals surface area contributed by atoms with E-state index >= 15 is 0 Å². The van der Waals surface area contributed by atoms with Crippen LogP contribution < -0.4 is 9.46 Å². The zero-order chi connectivity index (χ0) is 18.9. The summed E-state index contributed by atoms with van der Waals surface area (Å²) < 4.78 is 32.9. The number of H-pyrrole nitrogens is 1. The molecule has 0 unspecified atom stereocenters. The first-order chi connectivity index (χ1) is 12.3. The average molecular weight is 393 g/mol. The molecule has 138 valence electrons. The molecule has 0 spiro atoms. The SMILES string of the molecule is COc1ccc2[nH]c(C)c(CCNS(=O)(=O)c3ccc(Cl)c(C)c3)c2c1. The Morgan fingerprint density at radius 2 is 1.92 bits per heavy atom. The first kappa shape index (κ1) is 18.8. The molecule has 3 rings (SSSR count). The van der Waals surface area contributed by atoms with E-state index in [1.807, 2.05) is 25.1 Å². The largest absolute Gasteiger partial charge is 0.497 e. The fourth-order valence-electron chi connectivity index (χ4n) is 2.99. The maximum atomic E-state index is 12.5. The molecule has 0 saturated carbocycles. The highest BCUT2D eigenvalue weighted by Crippen LogP contribution is 2.26. The standard InChI is InChI=1S/C19H21ClN2O3S/c1-12-10-15(5-6-18(12)20)26(23,24)21-9-8-16-13(2)22-19-7-4-14(25-3)11-17(16)19/h4-7,10-11,21-22H,8-9H2,1-3H3. The summed E-state index contributed by atoms with van der Waals surface area (Å²) in [4.78, 5) is 3.54. The van der Waals surface area contributed by atoms with Crippen molar-refractivity contribution in [2.75, 3.05) is 13.7 Å². The predicted octanol–water partition coefficient (Wildman–Crippen LogP) is 3.97. The van der Waals surface area contributed by atoms with Crippen molar-refractivity contribution in [3.63, 3.8) is 0 Å². The smallest absolute Gasteiger partial charge is 0.240 e. The van der Waals surface area contributed by atoms with E-state index in [2.05, 4.69) is 9.71 Å². The normalized spacial score (nSPS) is 11.8. The Kier molecular flexibility index (Phi) is 5.27. The third-order valence-corrected chi connectivity index (χ3v) is 6.32. The molecule has 0 bridgehead atoms. The number of methoxy groups -OCH3 is 1. The van der Waals surface area contributed by atoms with Crippen molar-refractivity contribution in [3.05, 3.63) is 58.2 Å². The molecule has 5 nitrogen and oxygen atoms in total. The van der Waals surface area contributed by atoms with Crippen LogP contribution in [0.1, 0.15) is 16.8 Å². The molecule has 3 aromatic rings. The van der Waals surface area contributed by atoms with Crippen molar-refractivity contribution in [1.29, 1.82) is 0 Å². The highest BCUT2D eigenvalue weighted by molar-refractivity contribution is 7.89. The van der Waals surface area contributed by atoms with Crippen LogP contribution in [-0.2, 0) is 16.4 Å². The minimum Gasteiger partial charge on any atom is -0.497 e. The number of hydrogen-bond donors (Lipinski definition) is 2. The van der Waals surface area contributed by atoms with Gasteiger partial charge in [0.2, 0.25) is 10.0 Å². The van der Waals surface area contributed by atoms with Gasteiger partial charge >= 0.3 is 0 Å². The van der Waals surface area contributed by atoms with Crippen LogP contribution in [0, 0.1) is 13.8 Å². The van der Waals surface area contributed by atoms with Crippen LogP contribution in [0.2, 0.25) is 5.02 Å². The Morgan fingerprint density at radius 1 is 1.15 bits per heavy atom. The van der Waals surface area contributed by atoms with Gasteiger partial charge in [0.1, 0.15) is 5.75 Å². The van der Waals surface area contributed by atoms with Gasteiger partial charge in [-0.2, -0.15) is 0 Å². The van der Waals surface area contributed by atoms with Gasteiger partial charge < -0.3 is 9.72 Å². The lowest BCUT2D eigenvalue weighted by molar-refractivity contribution is 0.415. The van der Waals surface area contributed by atoms with Gasteiger partial charge in [-0.1, -0.05) is 11.6 Å². The summed E-state index contributed by atoms with van der Waals surface area (Å²) in [5.74, 6) is 0.773. The number of halogens is 1. The lowest BCUT2D eigenvalue weighted by Gasteiger charge is -2.09. The molecule has 7 heteroatoms. The second-order valence-corrected chi connectivity index (χ2v) is 8.37. The molecular formula is C19H21ClN2O3S. The molecule has 2 aromatic carbocycles. The van der Waals surface area contributed by atoms with Gasteiger partial charge in [0, 0.05) is 28.2 Å². The Bertz CT molecular complexity index is 1060. The van der Waals surface area contributed by atoms with E-state index in [0.717, 1.165) is 33.5 Å². The van der Waals surface area contributed by atoms with Crippen molar-refractivity contribution < 1.29 is 13.2 Å². The van der Waals surface area contributed by atoms with Crippen LogP contribution >= 0.6 is 11.6 Å². The number of hydrogen-bond acceptors (Lipinski definition) is 3. The number of aromatic nitrogens is 1. The predicted molar refractivity (Wildman–Crippen MR) is 105 cm³/mol. The first-order valence-electron chi connectivity index (χ1n) is 8.23. The highest BCUT2D eigenvalue weighted by Gasteiger charge is 2.16.